The molecule has 2 atom stereocenters. The number of imidazole rings is 1. The van der Waals surface area contributed by atoms with Crippen LogP contribution >= 0.6 is 11.8 Å². The Balaban J connectivity index is 1.81. The van der Waals surface area contributed by atoms with E-state index in [0.29, 0.717) is 12.6 Å². The number of allylic oxidation sites excluding steroid dienone is 1. The topological polar surface area (TPSA) is 38.1 Å². The van der Waals surface area contributed by atoms with Gasteiger partial charge in [0.05, 0.1) is 16.3 Å². The molecule has 0 radical (unpaired) electrons. The quantitative estimate of drug-likeness (QED) is 0.564. The van der Waals surface area contributed by atoms with Crippen LogP contribution in [0.1, 0.15) is 39.5 Å². The lowest BCUT2D eigenvalue weighted by Crippen LogP contribution is -2.46. The van der Waals surface area contributed by atoms with Gasteiger partial charge in [0, 0.05) is 19.1 Å². The van der Waals surface area contributed by atoms with Crippen molar-refractivity contribution in [2.75, 3.05) is 6.54 Å². The van der Waals surface area contributed by atoms with E-state index in [-0.39, 0.29) is 11.2 Å². The predicted octanol–water partition coefficient (Wildman–Crippen LogP) is 4.49. The Morgan fingerprint density at radius 1 is 1.44 bits per heavy atom. The van der Waals surface area contributed by atoms with E-state index in [1.807, 2.05) is 31.2 Å². The molecule has 1 aliphatic heterocycles. The van der Waals surface area contributed by atoms with Gasteiger partial charge in [0.25, 0.3) is 0 Å². The van der Waals surface area contributed by atoms with Crippen molar-refractivity contribution in [3.8, 4) is 0 Å². The van der Waals surface area contributed by atoms with Crippen molar-refractivity contribution < 1.29 is 4.79 Å². The van der Waals surface area contributed by atoms with Crippen molar-refractivity contribution in [1.29, 1.82) is 0 Å². The number of carbonyl (C=O) groups excluding carboxylic acids is 1. The lowest BCUT2D eigenvalue weighted by Gasteiger charge is -2.36. The van der Waals surface area contributed by atoms with E-state index in [0.717, 1.165) is 42.0 Å². The average molecular weight is 358 g/mol. The molecule has 0 saturated carbocycles. The molecule has 2 unspecified atom stereocenters. The second kappa shape index (κ2) is 8.09. The van der Waals surface area contributed by atoms with Gasteiger partial charge in [0.2, 0.25) is 5.91 Å². The molecule has 0 N–H and O–H groups in total. The number of likely N-dealkylation sites (tertiary alicyclic amines) is 1. The maximum Gasteiger partial charge on any atom is 0.236 e. The number of benzene rings is 1. The molecular weight excluding hydrogens is 330 g/mol. The molecule has 4 nitrogen and oxygen atoms in total. The fourth-order valence-corrected chi connectivity index (χ4v) is 4.61. The van der Waals surface area contributed by atoms with E-state index < -0.39 is 0 Å². The molecule has 1 amide bonds. The van der Waals surface area contributed by atoms with Gasteiger partial charge in [-0.15, -0.1) is 6.58 Å². The maximum absolute atomic E-state index is 13.0. The Morgan fingerprint density at radius 3 is 3.00 bits per heavy atom. The van der Waals surface area contributed by atoms with Crippen molar-refractivity contribution in [2.24, 2.45) is 0 Å². The molecule has 0 spiro atoms. The van der Waals surface area contributed by atoms with Crippen LogP contribution in [0.5, 0.6) is 0 Å². The van der Waals surface area contributed by atoms with Crippen LogP contribution in [0.15, 0.2) is 42.1 Å². The van der Waals surface area contributed by atoms with Crippen molar-refractivity contribution in [2.45, 2.75) is 62.5 Å². The molecule has 0 bridgehead atoms. The number of piperidine rings is 1. The minimum absolute atomic E-state index is 0.132. The molecule has 25 heavy (non-hydrogen) atoms. The van der Waals surface area contributed by atoms with Gasteiger partial charge < -0.3 is 9.47 Å². The number of aromatic nitrogens is 2. The second-order valence-electron chi connectivity index (χ2n) is 6.63. The predicted molar refractivity (Wildman–Crippen MR) is 105 cm³/mol. The highest BCUT2D eigenvalue weighted by atomic mass is 32.2. The van der Waals surface area contributed by atoms with Crippen molar-refractivity contribution >= 4 is 28.7 Å². The lowest BCUT2D eigenvalue weighted by molar-refractivity contribution is -0.134. The number of fused-ring (bicyclic) bond motifs is 1. The Bertz CT molecular complexity index is 754. The lowest BCUT2D eigenvalue weighted by atomic mass is 10.00. The van der Waals surface area contributed by atoms with Crippen molar-refractivity contribution in [1.82, 2.24) is 14.5 Å². The van der Waals surface area contributed by atoms with E-state index in [2.05, 4.69) is 29.0 Å². The Morgan fingerprint density at radius 2 is 2.24 bits per heavy atom. The van der Waals surface area contributed by atoms with Crippen LogP contribution in [-0.2, 0) is 11.3 Å². The number of hydrogen-bond acceptors (Lipinski definition) is 3. The summed E-state index contributed by atoms with van der Waals surface area (Å²) >= 11 is 1.56. The largest absolute Gasteiger partial charge is 0.339 e. The summed E-state index contributed by atoms with van der Waals surface area (Å²) in [7, 11) is 0. The third-order valence-electron chi connectivity index (χ3n) is 4.94. The summed E-state index contributed by atoms with van der Waals surface area (Å²) in [5.74, 6) is 0.244. The minimum atomic E-state index is -0.132. The van der Waals surface area contributed by atoms with Gasteiger partial charge >= 0.3 is 0 Å². The van der Waals surface area contributed by atoms with Gasteiger partial charge in [-0.3, -0.25) is 4.79 Å². The van der Waals surface area contributed by atoms with E-state index in [9.17, 15) is 4.79 Å². The van der Waals surface area contributed by atoms with Gasteiger partial charge in [0.1, 0.15) is 0 Å². The Kier molecular flexibility index (Phi) is 5.84. The van der Waals surface area contributed by atoms with E-state index in [4.69, 9.17) is 4.98 Å². The summed E-state index contributed by atoms with van der Waals surface area (Å²) in [5, 5.41) is 0.763. The highest BCUT2D eigenvalue weighted by Gasteiger charge is 2.30. The fourth-order valence-electron chi connectivity index (χ4n) is 3.61. The first kappa shape index (κ1) is 18.1. The molecule has 1 aliphatic rings. The summed E-state index contributed by atoms with van der Waals surface area (Å²) < 4.78 is 2.14. The van der Waals surface area contributed by atoms with E-state index in [1.165, 1.54) is 6.42 Å². The molecule has 1 aromatic heterocycles. The van der Waals surface area contributed by atoms with Crippen molar-refractivity contribution in [3.05, 3.63) is 36.9 Å². The highest BCUT2D eigenvalue weighted by molar-refractivity contribution is 8.00. The third kappa shape index (κ3) is 3.76. The van der Waals surface area contributed by atoms with Gasteiger partial charge in [-0.25, -0.2) is 4.98 Å². The molecule has 1 saturated heterocycles. The Labute approximate surface area is 154 Å². The van der Waals surface area contributed by atoms with Crippen LogP contribution in [0, 0.1) is 0 Å². The normalized spacial score (nSPS) is 19.1. The van der Waals surface area contributed by atoms with E-state index in [1.54, 1.807) is 11.8 Å². The first-order valence-electron chi connectivity index (χ1n) is 9.19. The number of carbonyl (C=O) groups is 1. The standard InChI is InChI=1S/C20H27N3OS/c1-4-13-23-18-12-7-6-11-17(18)21-20(23)25-15(3)19(24)22-14-9-8-10-16(22)5-2/h4,6-7,11-12,15-16H,1,5,8-10,13-14H2,2-3H3. The van der Waals surface area contributed by atoms with Crippen LogP contribution in [0.25, 0.3) is 11.0 Å². The molecular formula is C20H27N3OS. The summed E-state index contributed by atoms with van der Waals surface area (Å²) in [4.78, 5) is 19.8. The van der Waals surface area contributed by atoms with Crippen molar-refractivity contribution in [3.63, 3.8) is 0 Å². The number of hydrogen-bond donors (Lipinski definition) is 0. The zero-order valence-electron chi connectivity index (χ0n) is 15.1. The summed E-state index contributed by atoms with van der Waals surface area (Å²) in [6.07, 6.45) is 6.41. The first-order chi connectivity index (χ1) is 12.2. The van der Waals surface area contributed by atoms with Gasteiger partial charge in [-0.05, 0) is 44.7 Å². The highest BCUT2D eigenvalue weighted by Crippen LogP contribution is 2.30. The Hall–Kier alpha value is -1.75. The average Bonchev–Trinajstić information content (AvgIpc) is 2.98. The number of rotatable bonds is 6. The third-order valence-corrected chi connectivity index (χ3v) is 6.02. The molecule has 134 valence electrons. The van der Waals surface area contributed by atoms with E-state index >= 15 is 0 Å². The number of nitrogens with zero attached hydrogens (tertiary/aromatic N) is 3. The molecule has 2 heterocycles. The van der Waals surface area contributed by atoms with Crippen LogP contribution in [0.4, 0.5) is 0 Å². The zero-order valence-corrected chi connectivity index (χ0v) is 16.0. The van der Waals surface area contributed by atoms with Crippen LogP contribution in [-0.4, -0.2) is 38.2 Å². The molecule has 3 rings (SSSR count). The second-order valence-corrected chi connectivity index (χ2v) is 7.94. The molecule has 2 aromatic rings. The first-order valence-corrected chi connectivity index (χ1v) is 10.1. The SMILES string of the molecule is C=CCn1c(SC(C)C(=O)N2CCCCC2CC)nc2ccccc21. The number of amides is 1. The maximum atomic E-state index is 13.0. The van der Waals surface area contributed by atoms with Gasteiger partial charge in [-0.1, -0.05) is 36.9 Å². The van der Waals surface area contributed by atoms with Crippen LogP contribution in [0.3, 0.4) is 0 Å². The van der Waals surface area contributed by atoms with Gasteiger partial charge in [-0.2, -0.15) is 0 Å². The fraction of sp³-hybridized carbons (Fsp3) is 0.500. The van der Waals surface area contributed by atoms with Gasteiger partial charge in [0.15, 0.2) is 5.16 Å². The summed E-state index contributed by atoms with van der Waals surface area (Å²) in [5.41, 5.74) is 2.06. The number of thioether (sulfide) groups is 1. The van der Waals surface area contributed by atoms with Crippen LogP contribution in [0.2, 0.25) is 0 Å². The monoisotopic (exact) mass is 357 g/mol. The summed E-state index contributed by atoms with van der Waals surface area (Å²) in [6.45, 7) is 9.64. The number of para-hydroxylation sites is 2. The molecule has 1 aromatic carbocycles. The minimum Gasteiger partial charge on any atom is -0.339 e. The molecule has 1 fully saturated rings. The van der Waals surface area contributed by atoms with Crippen LogP contribution < -0.4 is 0 Å². The summed E-state index contributed by atoms with van der Waals surface area (Å²) in [6, 6.07) is 8.50. The molecule has 0 aliphatic carbocycles. The zero-order chi connectivity index (χ0) is 17.8. The smallest absolute Gasteiger partial charge is 0.236 e. The molecule has 5 heteroatoms.